The number of rotatable bonds is 4. The molecule has 1 fully saturated rings. The molecule has 1 atom stereocenters. The Bertz CT molecular complexity index is 862. The maximum absolute atomic E-state index is 13.3. The van der Waals surface area contributed by atoms with Gasteiger partial charge in [0.25, 0.3) is 0 Å². The summed E-state index contributed by atoms with van der Waals surface area (Å²) in [4.78, 5) is 25.3. The third-order valence-corrected chi connectivity index (χ3v) is 4.61. The molecule has 6 nitrogen and oxygen atoms in total. The van der Waals surface area contributed by atoms with Gasteiger partial charge in [-0.1, -0.05) is 29.8 Å². The van der Waals surface area contributed by atoms with Crippen molar-refractivity contribution < 1.29 is 18.7 Å². The first kappa shape index (κ1) is 19.1. The van der Waals surface area contributed by atoms with E-state index in [9.17, 15) is 14.0 Å². The van der Waals surface area contributed by atoms with E-state index in [0.717, 1.165) is 5.56 Å². The molecule has 1 aliphatic heterocycles. The number of morpholine rings is 1. The van der Waals surface area contributed by atoms with E-state index >= 15 is 0 Å². The molecule has 0 aliphatic carbocycles. The van der Waals surface area contributed by atoms with Crippen LogP contribution in [0, 0.1) is 5.82 Å². The predicted molar refractivity (Wildman–Crippen MR) is 98.9 cm³/mol. The number of hydrogen-bond donors (Lipinski definition) is 2. The number of benzene rings is 2. The van der Waals surface area contributed by atoms with Gasteiger partial charge in [-0.25, -0.2) is 9.18 Å². The maximum Gasteiger partial charge on any atom is 0.317 e. The summed E-state index contributed by atoms with van der Waals surface area (Å²) in [6.07, 6.45) is -0.374. The molecule has 0 bridgehead atoms. The minimum absolute atomic E-state index is 0.0204. The first-order valence-electron chi connectivity index (χ1n) is 8.42. The van der Waals surface area contributed by atoms with Gasteiger partial charge in [-0.15, -0.1) is 0 Å². The lowest BCUT2D eigenvalue weighted by Gasteiger charge is -2.33. The lowest BCUT2D eigenvalue weighted by molar-refractivity contribution is -0.0155. The number of hydrogen-bond acceptors (Lipinski definition) is 3. The van der Waals surface area contributed by atoms with E-state index in [1.54, 1.807) is 35.2 Å². The summed E-state index contributed by atoms with van der Waals surface area (Å²) < 4.78 is 19.0. The van der Waals surface area contributed by atoms with Crippen molar-refractivity contribution in [1.82, 2.24) is 10.2 Å². The van der Waals surface area contributed by atoms with Crippen molar-refractivity contribution in [2.45, 2.75) is 12.6 Å². The second-order valence-corrected chi connectivity index (χ2v) is 6.61. The third kappa shape index (κ3) is 4.75. The fourth-order valence-electron chi connectivity index (χ4n) is 2.87. The number of halogens is 2. The molecule has 0 aromatic heterocycles. The fourth-order valence-corrected chi connectivity index (χ4v) is 3.06. The van der Waals surface area contributed by atoms with Crippen LogP contribution in [0.5, 0.6) is 0 Å². The SMILES string of the molecule is NC(=O)c1cccc(CNC(=O)N2CCO[C@H](c3ccc(F)c(Cl)c3)C2)c1. The molecule has 2 aromatic carbocycles. The van der Waals surface area contributed by atoms with Crippen LogP contribution in [-0.4, -0.2) is 36.5 Å². The van der Waals surface area contributed by atoms with Gasteiger partial charge in [0.1, 0.15) is 11.9 Å². The molecule has 0 unspecified atom stereocenters. The molecule has 1 aliphatic rings. The van der Waals surface area contributed by atoms with E-state index in [2.05, 4.69) is 5.32 Å². The van der Waals surface area contributed by atoms with Crippen LogP contribution >= 0.6 is 11.6 Å². The second kappa shape index (κ2) is 8.37. The van der Waals surface area contributed by atoms with Crippen LogP contribution in [0.4, 0.5) is 9.18 Å². The zero-order chi connectivity index (χ0) is 19.4. The molecule has 0 spiro atoms. The van der Waals surface area contributed by atoms with Gasteiger partial charge in [0.15, 0.2) is 0 Å². The highest BCUT2D eigenvalue weighted by Crippen LogP contribution is 2.26. The molecular formula is C19H19ClFN3O3. The summed E-state index contributed by atoms with van der Waals surface area (Å²) in [5.41, 5.74) is 7.14. The van der Waals surface area contributed by atoms with Crippen molar-refractivity contribution in [3.8, 4) is 0 Å². The zero-order valence-electron chi connectivity index (χ0n) is 14.5. The summed E-state index contributed by atoms with van der Waals surface area (Å²) in [6, 6.07) is 10.9. The Kier molecular flexibility index (Phi) is 5.93. The number of nitrogens with zero attached hydrogens (tertiary/aromatic N) is 1. The van der Waals surface area contributed by atoms with E-state index in [0.29, 0.717) is 30.8 Å². The van der Waals surface area contributed by atoms with Gasteiger partial charge in [-0.05, 0) is 35.4 Å². The van der Waals surface area contributed by atoms with Gasteiger partial charge < -0.3 is 20.7 Å². The Morgan fingerprint density at radius 2 is 2.11 bits per heavy atom. The Hall–Kier alpha value is -2.64. The van der Waals surface area contributed by atoms with Gasteiger partial charge in [0.05, 0.1) is 18.2 Å². The predicted octanol–water partition coefficient (Wildman–Crippen LogP) is 2.86. The molecule has 3 amide bonds. The van der Waals surface area contributed by atoms with Crippen LogP contribution in [0.3, 0.4) is 0 Å². The Labute approximate surface area is 161 Å². The van der Waals surface area contributed by atoms with Gasteiger partial charge in [0, 0.05) is 18.7 Å². The molecule has 1 heterocycles. The molecule has 0 radical (unpaired) electrons. The number of urea groups is 1. The minimum Gasteiger partial charge on any atom is -0.370 e. The molecule has 2 aromatic rings. The van der Waals surface area contributed by atoms with Gasteiger partial charge in [-0.2, -0.15) is 0 Å². The Morgan fingerprint density at radius 3 is 2.85 bits per heavy atom. The van der Waals surface area contributed by atoms with E-state index in [-0.39, 0.29) is 23.7 Å². The van der Waals surface area contributed by atoms with Gasteiger partial charge in [0.2, 0.25) is 5.91 Å². The smallest absolute Gasteiger partial charge is 0.317 e. The summed E-state index contributed by atoms with van der Waals surface area (Å²) >= 11 is 5.83. The number of carbonyl (C=O) groups is 2. The molecule has 142 valence electrons. The van der Waals surface area contributed by atoms with Crippen LogP contribution in [0.25, 0.3) is 0 Å². The topological polar surface area (TPSA) is 84.7 Å². The molecule has 8 heteroatoms. The Morgan fingerprint density at radius 1 is 1.30 bits per heavy atom. The highest BCUT2D eigenvalue weighted by Gasteiger charge is 2.25. The van der Waals surface area contributed by atoms with Gasteiger partial charge >= 0.3 is 6.03 Å². The van der Waals surface area contributed by atoms with Crippen molar-refractivity contribution in [2.24, 2.45) is 5.73 Å². The monoisotopic (exact) mass is 391 g/mol. The normalized spacial score (nSPS) is 16.8. The first-order valence-corrected chi connectivity index (χ1v) is 8.80. The highest BCUT2D eigenvalue weighted by atomic mass is 35.5. The van der Waals surface area contributed by atoms with Crippen molar-refractivity contribution in [3.05, 3.63) is 70.0 Å². The number of ether oxygens (including phenoxy) is 1. The number of amides is 3. The average molecular weight is 392 g/mol. The average Bonchev–Trinajstić information content (AvgIpc) is 2.68. The van der Waals surface area contributed by atoms with Crippen molar-refractivity contribution in [1.29, 1.82) is 0 Å². The molecule has 27 heavy (non-hydrogen) atoms. The summed E-state index contributed by atoms with van der Waals surface area (Å²) in [6.45, 7) is 1.41. The number of nitrogens with two attached hydrogens (primary N) is 1. The van der Waals surface area contributed by atoms with E-state index < -0.39 is 11.7 Å². The van der Waals surface area contributed by atoms with E-state index in [4.69, 9.17) is 22.1 Å². The van der Waals surface area contributed by atoms with E-state index in [1.165, 1.54) is 12.1 Å². The highest BCUT2D eigenvalue weighted by molar-refractivity contribution is 6.30. The minimum atomic E-state index is -0.517. The summed E-state index contributed by atoms with van der Waals surface area (Å²) in [5, 5.41) is 2.84. The van der Waals surface area contributed by atoms with Crippen molar-refractivity contribution in [2.75, 3.05) is 19.7 Å². The number of carbonyl (C=O) groups excluding carboxylic acids is 2. The summed E-state index contributed by atoms with van der Waals surface area (Å²) in [5.74, 6) is -1.01. The lowest BCUT2D eigenvalue weighted by Crippen LogP contribution is -2.47. The molecule has 3 rings (SSSR count). The molecule has 1 saturated heterocycles. The molecular weight excluding hydrogens is 373 g/mol. The van der Waals surface area contributed by atoms with Crippen LogP contribution in [0.15, 0.2) is 42.5 Å². The third-order valence-electron chi connectivity index (χ3n) is 4.32. The maximum atomic E-state index is 13.3. The van der Waals surface area contributed by atoms with Gasteiger partial charge in [-0.3, -0.25) is 4.79 Å². The molecule has 3 N–H and O–H groups in total. The molecule has 0 saturated carbocycles. The van der Waals surface area contributed by atoms with Crippen LogP contribution in [-0.2, 0) is 11.3 Å². The van der Waals surface area contributed by atoms with Crippen LogP contribution in [0.1, 0.15) is 27.6 Å². The number of primary amides is 1. The lowest BCUT2D eigenvalue weighted by atomic mass is 10.1. The quantitative estimate of drug-likeness (QED) is 0.840. The van der Waals surface area contributed by atoms with Crippen molar-refractivity contribution in [3.63, 3.8) is 0 Å². The fraction of sp³-hybridized carbons (Fsp3) is 0.263. The second-order valence-electron chi connectivity index (χ2n) is 6.20. The van der Waals surface area contributed by atoms with E-state index in [1.807, 2.05) is 0 Å². The Balaban J connectivity index is 1.60. The van der Waals surface area contributed by atoms with Crippen molar-refractivity contribution >= 4 is 23.5 Å². The number of nitrogens with one attached hydrogen (secondary N) is 1. The standard InChI is InChI=1S/C19H19ClFN3O3/c20-15-9-13(4-5-16(15)21)17-11-24(6-7-27-17)19(26)23-10-12-2-1-3-14(8-12)18(22)25/h1-5,8-9,17H,6-7,10-11H2,(H2,22,25)(H,23,26)/t17-/m0/s1. The van der Waals surface area contributed by atoms with Crippen LogP contribution in [0.2, 0.25) is 5.02 Å². The van der Waals surface area contributed by atoms with Crippen LogP contribution < -0.4 is 11.1 Å². The largest absolute Gasteiger partial charge is 0.370 e. The first-order chi connectivity index (χ1) is 12.9. The summed E-state index contributed by atoms with van der Waals surface area (Å²) in [7, 11) is 0. The zero-order valence-corrected chi connectivity index (χ0v) is 15.2.